The van der Waals surface area contributed by atoms with E-state index in [4.69, 9.17) is 14.8 Å². The molecule has 0 amide bonds. The van der Waals surface area contributed by atoms with Crippen LogP contribution in [0.4, 0.5) is 4.39 Å². The molecule has 17 heavy (non-hydrogen) atoms. The Morgan fingerprint density at radius 2 is 2.12 bits per heavy atom. The van der Waals surface area contributed by atoms with Crippen molar-refractivity contribution >= 4 is 12.6 Å². The maximum atomic E-state index is 12.9. The highest BCUT2D eigenvalue weighted by Gasteiger charge is 2.17. The van der Waals surface area contributed by atoms with Crippen molar-refractivity contribution in [3.63, 3.8) is 0 Å². The fourth-order valence-corrected chi connectivity index (χ4v) is 1.43. The van der Waals surface area contributed by atoms with E-state index in [1.54, 1.807) is 0 Å². The minimum atomic E-state index is -1.73. The Morgan fingerprint density at radius 1 is 1.35 bits per heavy atom. The van der Waals surface area contributed by atoms with E-state index < -0.39 is 12.9 Å². The minimum absolute atomic E-state index is 0.0497. The first-order valence-corrected chi connectivity index (χ1v) is 5.54. The number of unbranched alkanes of at least 4 members (excludes halogenated alkanes) is 2. The van der Waals surface area contributed by atoms with Crippen molar-refractivity contribution in [1.29, 1.82) is 0 Å². The molecule has 0 aliphatic heterocycles. The lowest BCUT2D eigenvalue weighted by molar-refractivity contribution is 0.307. The summed E-state index contributed by atoms with van der Waals surface area (Å²) in [5.41, 5.74) is 0.0497. The summed E-state index contributed by atoms with van der Waals surface area (Å²) in [6.07, 6.45) is 4.55. The van der Waals surface area contributed by atoms with Gasteiger partial charge in [-0.1, -0.05) is 6.08 Å². The van der Waals surface area contributed by atoms with Crippen LogP contribution in [0.5, 0.6) is 5.75 Å². The van der Waals surface area contributed by atoms with Gasteiger partial charge in [0.1, 0.15) is 11.6 Å². The zero-order valence-corrected chi connectivity index (χ0v) is 9.60. The van der Waals surface area contributed by atoms with Gasteiger partial charge >= 0.3 is 7.12 Å². The lowest BCUT2D eigenvalue weighted by Crippen LogP contribution is -2.32. The van der Waals surface area contributed by atoms with Gasteiger partial charge in [-0.3, -0.25) is 0 Å². The quantitative estimate of drug-likeness (QED) is 0.427. The average molecular weight is 238 g/mol. The number of ether oxygens (including phenoxy) is 1. The molecule has 0 saturated heterocycles. The highest BCUT2D eigenvalue weighted by molar-refractivity contribution is 6.59. The van der Waals surface area contributed by atoms with E-state index in [-0.39, 0.29) is 5.46 Å². The van der Waals surface area contributed by atoms with Crippen molar-refractivity contribution in [3.8, 4) is 5.75 Å². The van der Waals surface area contributed by atoms with Crippen molar-refractivity contribution in [2.45, 2.75) is 19.3 Å². The van der Waals surface area contributed by atoms with Crippen LogP contribution in [0.15, 0.2) is 30.9 Å². The summed E-state index contributed by atoms with van der Waals surface area (Å²) in [6, 6.07) is 3.69. The Kier molecular flexibility index (Phi) is 5.73. The molecule has 2 N–H and O–H groups in total. The van der Waals surface area contributed by atoms with Crippen LogP contribution in [0.25, 0.3) is 0 Å². The largest absolute Gasteiger partial charge is 0.494 e. The molecule has 0 fully saturated rings. The highest BCUT2D eigenvalue weighted by Crippen LogP contribution is 2.10. The Balaban J connectivity index is 2.54. The molecule has 0 atom stereocenters. The number of benzene rings is 1. The van der Waals surface area contributed by atoms with E-state index in [1.807, 2.05) is 6.08 Å². The van der Waals surface area contributed by atoms with Crippen molar-refractivity contribution in [2.24, 2.45) is 0 Å². The number of hydrogen-bond donors (Lipinski definition) is 2. The molecular formula is C12H16BFO3. The van der Waals surface area contributed by atoms with Crippen LogP contribution < -0.4 is 10.2 Å². The summed E-state index contributed by atoms with van der Waals surface area (Å²) in [6.45, 7) is 4.07. The molecule has 0 unspecified atom stereocenters. The Labute approximate surface area is 101 Å². The molecular weight excluding hydrogens is 222 g/mol. The summed E-state index contributed by atoms with van der Waals surface area (Å²) >= 11 is 0. The molecule has 0 bridgehead atoms. The monoisotopic (exact) mass is 238 g/mol. The topological polar surface area (TPSA) is 49.7 Å². The van der Waals surface area contributed by atoms with Crippen LogP contribution in [0, 0.1) is 5.82 Å². The van der Waals surface area contributed by atoms with E-state index in [9.17, 15) is 4.39 Å². The van der Waals surface area contributed by atoms with E-state index in [0.717, 1.165) is 25.3 Å². The predicted octanol–water partition coefficient (Wildman–Crippen LogP) is 1.24. The SMILES string of the molecule is C=CCCCCOc1ccc(F)cc1B(O)O. The van der Waals surface area contributed by atoms with Gasteiger partial charge in [0.05, 0.1) is 6.61 Å². The molecule has 0 aromatic heterocycles. The van der Waals surface area contributed by atoms with Crippen LogP contribution in [-0.2, 0) is 0 Å². The lowest BCUT2D eigenvalue weighted by atomic mass is 9.79. The van der Waals surface area contributed by atoms with Gasteiger partial charge in [0.15, 0.2) is 0 Å². The summed E-state index contributed by atoms with van der Waals surface area (Å²) in [7, 11) is -1.73. The third-order valence-electron chi connectivity index (χ3n) is 2.31. The first kappa shape index (κ1) is 13.7. The van der Waals surface area contributed by atoms with Gasteiger partial charge in [0.25, 0.3) is 0 Å². The van der Waals surface area contributed by atoms with Gasteiger partial charge in [0.2, 0.25) is 0 Å². The summed E-state index contributed by atoms with van der Waals surface area (Å²) < 4.78 is 18.3. The molecule has 0 heterocycles. The van der Waals surface area contributed by atoms with Gasteiger partial charge in [-0.15, -0.1) is 6.58 Å². The van der Waals surface area contributed by atoms with Gasteiger partial charge < -0.3 is 14.8 Å². The fraction of sp³-hybridized carbons (Fsp3) is 0.333. The predicted molar refractivity (Wildman–Crippen MR) is 65.8 cm³/mol. The van der Waals surface area contributed by atoms with Crippen LogP contribution >= 0.6 is 0 Å². The molecule has 0 aliphatic carbocycles. The Hall–Kier alpha value is -1.33. The summed E-state index contributed by atoms with van der Waals surface area (Å²) in [5.74, 6) is -0.216. The van der Waals surface area contributed by atoms with Gasteiger partial charge in [-0.25, -0.2) is 4.39 Å². The van der Waals surface area contributed by atoms with Crippen LogP contribution in [-0.4, -0.2) is 23.8 Å². The van der Waals surface area contributed by atoms with Gasteiger partial charge in [-0.05, 0) is 37.5 Å². The van der Waals surface area contributed by atoms with Crippen molar-refractivity contribution in [1.82, 2.24) is 0 Å². The van der Waals surface area contributed by atoms with Crippen molar-refractivity contribution in [2.75, 3.05) is 6.61 Å². The lowest BCUT2D eigenvalue weighted by Gasteiger charge is -2.10. The average Bonchev–Trinajstić information content (AvgIpc) is 2.30. The number of allylic oxidation sites excluding steroid dienone is 1. The molecule has 1 aromatic carbocycles. The number of rotatable bonds is 7. The molecule has 0 radical (unpaired) electrons. The van der Waals surface area contributed by atoms with E-state index in [1.165, 1.54) is 12.1 Å². The van der Waals surface area contributed by atoms with Crippen LogP contribution in [0.3, 0.4) is 0 Å². The molecule has 1 aromatic rings. The maximum Gasteiger partial charge on any atom is 0.492 e. The zero-order chi connectivity index (χ0) is 12.7. The third-order valence-corrected chi connectivity index (χ3v) is 2.31. The summed E-state index contributed by atoms with van der Waals surface area (Å²) in [4.78, 5) is 0. The standard InChI is InChI=1S/C12H16BFO3/c1-2-3-4-5-8-17-12-7-6-10(14)9-11(12)13(15)16/h2,6-7,9,15-16H,1,3-5,8H2. The van der Waals surface area contributed by atoms with Crippen molar-refractivity contribution in [3.05, 3.63) is 36.7 Å². The first-order valence-electron chi connectivity index (χ1n) is 5.54. The van der Waals surface area contributed by atoms with Gasteiger partial charge in [-0.2, -0.15) is 0 Å². The van der Waals surface area contributed by atoms with Crippen LogP contribution in [0.2, 0.25) is 0 Å². The van der Waals surface area contributed by atoms with E-state index in [0.29, 0.717) is 12.4 Å². The highest BCUT2D eigenvalue weighted by atomic mass is 19.1. The fourth-order valence-electron chi connectivity index (χ4n) is 1.43. The Bertz CT molecular complexity index is 369. The molecule has 0 spiro atoms. The second-order valence-electron chi connectivity index (χ2n) is 3.69. The first-order chi connectivity index (χ1) is 8.15. The van der Waals surface area contributed by atoms with Crippen LogP contribution in [0.1, 0.15) is 19.3 Å². The molecule has 1 rings (SSSR count). The van der Waals surface area contributed by atoms with E-state index in [2.05, 4.69) is 6.58 Å². The second kappa shape index (κ2) is 7.09. The Morgan fingerprint density at radius 3 is 2.76 bits per heavy atom. The zero-order valence-electron chi connectivity index (χ0n) is 9.60. The second-order valence-corrected chi connectivity index (χ2v) is 3.69. The molecule has 3 nitrogen and oxygen atoms in total. The normalized spacial score (nSPS) is 10.1. The summed E-state index contributed by atoms with van der Waals surface area (Å²) in [5, 5.41) is 18.1. The number of halogens is 1. The molecule has 0 saturated carbocycles. The minimum Gasteiger partial charge on any atom is -0.494 e. The molecule has 0 aliphatic rings. The molecule has 92 valence electrons. The smallest absolute Gasteiger partial charge is 0.492 e. The third kappa shape index (κ3) is 4.59. The van der Waals surface area contributed by atoms with Crippen molar-refractivity contribution < 1.29 is 19.2 Å². The maximum absolute atomic E-state index is 12.9. The number of hydrogen-bond acceptors (Lipinski definition) is 3. The van der Waals surface area contributed by atoms with Gasteiger partial charge in [0, 0.05) is 5.46 Å². The van der Waals surface area contributed by atoms with E-state index >= 15 is 0 Å². The molecule has 5 heteroatoms.